The first-order valence-electron chi connectivity index (χ1n) is 8.21. The summed E-state index contributed by atoms with van der Waals surface area (Å²) in [7, 11) is 0.486. The Bertz CT molecular complexity index is 845. The molecule has 2 aromatic heterocycles. The lowest BCUT2D eigenvalue weighted by molar-refractivity contribution is -0.109. The molecule has 7 nitrogen and oxygen atoms in total. The highest BCUT2D eigenvalue weighted by Gasteiger charge is 2.64. The molecule has 2 spiro atoms. The number of aromatic nitrogens is 2. The lowest BCUT2D eigenvalue weighted by Gasteiger charge is -2.53. The van der Waals surface area contributed by atoms with Crippen LogP contribution in [0, 0.1) is 5.41 Å². The van der Waals surface area contributed by atoms with Crippen LogP contribution in [0.4, 0.5) is 4.79 Å². The molecule has 2 aliphatic heterocycles. The molecule has 4 heterocycles. The smallest absolute Gasteiger partial charge is 0.453 e. The maximum absolute atomic E-state index is 11.8. The van der Waals surface area contributed by atoms with Crippen LogP contribution in [-0.2, 0) is 15.0 Å². The number of fused-ring (bicyclic) bond motifs is 4. The van der Waals surface area contributed by atoms with Crippen molar-refractivity contribution in [2.75, 3.05) is 20.2 Å². The van der Waals surface area contributed by atoms with Gasteiger partial charge in [-0.25, -0.2) is 9.78 Å². The van der Waals surface area contributed by atoms with E-state index in [0.29, 0.717) is 13.1 Å². The van der Waals surface area contributed by atoms with Crippen LogP contribution < -0.4 is 5.46 Å². The molecule has 0 unspecified atom stereocenters. The van der Waals surface area contributed by atoms with Gasteiger partial charge in [0.05, 0.1) is 12.7 Å². The average molecular weight is 327 g/mol. The number of aromatic amines is 1. The molecule has 124 valence electrons. The van der Waals surface area contributed by atoms with Crippen molar-refractivity contribution in [2.45, 2.75) is 24.9 Å². The third-order valence-corrected chi connectivity index (χ3v) is 5.87. The van der Waals surface area contributed by atoms with Gasteiger partial charge < -0.3 is 24.3 Å². The first-order valence-corrected chi connectivity index (χ1v) is 8.21. The number of nitrogens with one attached hydrogen (secondary N) is 1. The molecule has 0 aromatic carbocycles. The quantitative estimate of drug-likeness (QED) is 0.697. The highest BCUT2D eigenvalue weighted by atomic mass is 16.5. The number of rotatable bonds is 0. The van der Waals surface area contributed by atoms with E-state index in [-0.39, 0.29) is 11.5 Å². The number of nitrogens with zero attached hydrogens (tertiary/aromatic N) is 2. The van der Waals surface area contributed by atoms with Crippen molar-refractivity contribution >= 4 is 29.7 Å². The fourth-order valence-corrected chi connectivity index (χ4v) is 4.98. The summed E-state index contributed by atoms with van der Waals surface area (Å²) in [5.74, 6) is 0. The lowest BCUT2D eigenvalue weighted by atomic mass is 9.56. The predicted octanol–water partition coefficient (Wildman–Crippen LogP) is 0.728. The highest BCUT2D eigenvalue weighted by molar-refractivity contribution is 6.62. The zero-order chi connectivity index (χ0) is 16.5. The van der Waals surface area contributed by atoms with E-state index in [2.05, 4.69) is 9.97 Å². The molecule has 2 aromatic rings. The van der Waals surface area contributed by atoms with Gasteiger partial charge in [0.1, 0.15) is 5.65 Å². The first kappa shape index (κ1) is 14.3. The number of pyridine rings is 1. The van der Waals surface area contributed by atoms with Gasteiger partial charge in [-0.3, -0.25) is 0 Å². The summed E-state index contributed by atoms with van der Waals surface area (Å²) in [4.78, 5) is 21.0. The van der Waals surface area contributed by atoms with E-state index in [4.69, 9.17) is 9.39 Å². The summed E-state index contributed by atoms with van der Waals surface area (Å²) in [6.45, 7) is 1.41. The summed E-state index contributed by atoms with van der Waals surface area (Å²) in [6.07, 6.45) is 5.86. The second-order valence-electron chi connectivity index (χ2n) is 7.29. The molecule has 0 bridgehead atoms. The van der Waals surface area contributed by atoms with E-state index in [1.54, 1.807) is 11.1 Å². The van der Waals surface area contributed by atoms with Crippen LogP contribution in [-0.4, -0.2) is 53.3 Å². The number of hydrogen-bond donors (Lipinski definition) is 2. The van der Waals surface area contributed by atoms with Gasteiger partial charge in [-0.2, -0.15) is 0 Å². The van der Waals surface area contributed by atoms with Crippen molar-refractivity contribution in [2.24, 2.45) is 5.41 Å². The van der Waals surface area contributed by atoms with Gasteiger partial charge in [0.15, 0.2) is 0 Å². The minimum Gasteiger partial charge on any atom is -0.453 e. The highest BCUT2D eigenvalue weighted by Crippen LogP contribution is 2.62. The number of H-pyrrole nitrogens is 1. The van der Waals surface area contributed by atoms with Crippen molar-refractivity contribution in [3.8, 4) is 0 Å². The Morgan fingerprint density at radius 3 is 3.17 bits per heavy atom. The van der Waals surface area contributed by atoms with Crippen LogP contribution in [0.15, 0.2) is 18.5 Å². The van der Waals surface area contributed by atoms with E-state index in [9.17, 15) is 9.82 Å². The number of likely N-dealkylation sites (tertiary alicyclic amines) is 1. The van der Waals surface area contributed by atoms with Gasteiger partial charge >= 0.3 is 13.2 Å². The number of ether oxygens (including phenoxy) is 1. The summed E-state index contributed by atoms with van der Waals surface area (Å²) in [6, 6.07) is 1.99. The third-order valence-electron chi connectivity index (χ3n) is 5.87. The van der Waals surface area contributed by atoms with E-state index in [0.717, 1.165) is 41.3 Å². The molecule has 2 fully saturated rings. The molecular formula is C16H18BN3O4. The molecule has 1 saturated carbocycles. The van der Waals surface area contributed by atoms with Crippen LogP contribution in [0.1, 0.15) is 24.8 Å². The Morgan fingerprint density at radius 2 is 2.38 bits per heavy atom. The molecule has 0 atom stereocenters. The first-order chi connectivity index (χ1) is 11.6. The molecular weight excluding hydrogens is 309 g/mol. The predicted molar refractivity (Wildman–Crippen MR) is 86.7 cm³/mol. The maximum Gasteiger partial charge on any atom is 0.493 e. The van der Waals surface area contributed by atoms with Crippen molar-refractivity contribution in [3.05, 3.63) is 24.0 Å². The maximum atomic E-state index is 11.8. The Labute approximate surface area is 139 Å². The molecule has 1 saturated heterocycles. The second kappa shape index (κ2) is 4.52. The van der Waals surface area contributed by atoms with E-state index >= 15 is 0 Å². The average Bonchev–Trinajstić information content (AvgIpc) is 3.24. The summed E-state index contributed by atoms with van der Waals surface area (Å²) >= 11 is 0. The van der Waals surface area contributed by atoms with Gasteiger partial charge in [0, 0.05) is 36.3 Å². The molecule has 1 aliphatic carbocycles. The number of methoxy groups -OCH3 is 1. The summed E-state index contributed by atoms with van der Waals surface area (Å²) in [5.41, 5.74) is 2.23. The standard InChI is InChI=1S/C16H18BN3O4/c1-23-14(21)20-5-3-15(9-20)7-16(8-15)12-10-2-4-18-13(10)19-6-11(12)17(22)24-16/h2,4,6,22H,3,5,7-9H2,1H3,(H,18,19). The Balaban J connectivity index is 1.49. The zero-order valence-corrected chi connectivity index (χ0v) is 13.4. The van der Waals surface area contributed by atoms with Gasteiger partial charge in [-0.05, 0) is 36.3 Å². The van der Waals surface area contributed by atoms with E-state index < -0.39 is 12.7 Å². The number of carbonyl (C=O) groups is 1. The second-order valence-corrected chi connectivity index (χ2v) is 7.29. The van der Waals surface area contributed by atoms with Gasteiger partial charge in [-0.15, -0.1) is 0 Å². The molecule has 8 heteroatoms. The Hall–Kier alpha value is -2.06. The Kier molecular flexibility index (Phi) is 2.69. The number of carbonyl (C=O) groups excluding carboxylic acids is 1. The monoisotopic (exact) mass is 327 g/mol. The topological polar surface area (TPSA) is 87.7 Å². The minimum atomic E-state index is -0.928. The van der Waals surface area contributed by atoms with Crippen LogP contribution in [0.3, 0.4) is 0 Å². The summed E-state index contributed by atoms with van der Waals surface area (Å²) < 4.78 is 10.8. The van der Waals surface area contributed by atoms with Crippen molar-refractivity contribution < 1.29 is 19.2 Å². The van der Waals surface area contributed by atoms with Gasteiger partial charge in [0.25, 0.3) is 0 Å². The van der Waals surface area contributed by atoms with Crippen LogP contribution in [0.2, 0.25) is 0 Å². The normalized spacial score (nSPS) is 31.1. The fraction of sp³-hybridized carbons (Fsp3) is 0.500. The fourth-order valence-electron chi connectivity index (χ4n) is 4.98. The third kappa shape index (κ3) is 1.70. The minimum absolute atomic E-state index is 0.0570. The van der Waals surface area contributed by atoms with Crippen molar-refractivity contribution in [1.29, 1.82) is 0 Å². The molecule has 5 rings (SSSR count). The van der Waals surface area contributed by atoms with Crippen LogP contribution in [0.5, 0.6) is 0 Å². The zero-order valence-electron chi connectivity index (χ0n) is 13.4. The molecule has 1 amide bonds. The molecule has 2 N–H and O–H groups in total. The largest absolute Gasteiger partial charge is 0.493 e. The van der Waals surface area contributed by atoms with Crippen molar-refractivity contribution in [3.63, 3.8) is 0 Å². The van der Waals surface area contributed by atoms with Crippen LogP contribution in [0.25, 0.3) is 11.0 Å². The molecule has 24 heavy (non-hydrogen) atoms. The van der Waals surface area contributed by atoms with Gasteiger partial charge in [0.2, 0.25) is 0 Å². The molecule has 3 aliphatic rings. The molecule has 0 radical (unpaired) electrons. The van der Waals surface area contributed by atoms with E-state index in [1.165, 1.54) is 7.11 Å². The summed E-state index contributed by atoms with van der Waals surface area (Å²) in [5, 5.41) is 11.3. The van der Waals surface area contributed by atoms with E-state index in [1.807, 2.05) is 12.3 Å². The lowest BCUT2D eigenvalue weighted by Crippen LogP contribution is -2.52. The SMILES string of the molecule is COC(=O)N1CCC2(C1)CC1(C2)OB(O)c2cnc3[nH]ccc3c21. The number of hydrogen-bond acceptors (Lipinski definition) is 5. The van der Waals surface area contributed by atoms with Crippen LogP contribution >= 0.6 is 0 Å². The van der Waals surface area contributed by atoms with Crippen molar-refractivity contribution in [1.82, 2.24) is 14.9 Å². The van der Waals surface area contributed by atoms with Gasteiger partial charge in [-0.1, -0.05) is 0 Å². The Morgan fingerprint density at radius 1 is 1.54 bits per heavy atom. The number of amides is 1.